The first-order chi connectivity index (χ1) is 15.8. The number of rotatable bonds is 6. The number of carbonyl (C=O) groups is 1. The molecule has 1 fully saturated rings. The van der Waals surface area contributed by atoms with Crippen molar-refractivity contribution < 1.29 is 22.5 Å². The zero-order valence-electron chi connectivity index (χ0n) is 18.2. The lowest BCUT2D eigenvalue weighted by molar-refractivity contribution is -0.120. The third kappa shape index (κ3) is 5.05. The average Bonchev–Trinajstić information content (AvgIpc) is 3.15. The summed E-state index contributed by atoms with van der Waals surface area (Å²) in [7, 11) is -3.70. The van der Waals surface area contributed by atoms with Crippen molar-refractivity contribution in [3.8, 4) is 11.5 Å². The van der Waals surface area contributed by atoms with E-state index in [1.54, 1.807) is 50.2 Å². The van der Waals surface area contributed by atoms with Crippen LogP contribution in [0, 0.1) is 19.8 Å². The molecule has 1 aliphatic heterocycles. The fourth-order valence-corrected chi connectivity index (χ4v) is 5.77. The minimum absolute atomic E-state index is 0.115. The summed E-state index contributed by atoms with van der Waals surface area (Å²) in [5.41, 5.74) is 0.978. The number of halogens is 1. The lowest BCUT2D eigenvalue weighted by Gasteiger charge is -2.30. The minimum atomic E-state index is -3.70. The van der Waals surface area contributed by atoms with E-state index in [2.05, 4.69) is 10.5 Å². The van der Waals surface area contributed by atoms with Crippen LogP contribution in [-0.2, 0) is 14.8 Å². The molecule has 1 amide bonds. The predicted molar refractivity (Wildman–Crippen MR) is 124 cm³/mol. The number of anilines is 1. The van der Waals surface area contributed by atoms with Crippen LogP contribution in [0.4, 0.5) is 5.69 Å². The smallest absolute Gasteiger partial charge is 0.248 e. The second-order valence-corrected chi connectivity index (χ2v) is 10.2. The molecule has 1 N–H and O–H groups in total. The molecule has 8 nitrogen and oxygen atoms in total. The zero-order chi connectivity index (χ0) is 23.6. The number of carbonyl (C=O) groups excluding carboxylic acids is 1. The molecule has 2 aromatic carbocycles. The number of aryl methyl sites for hydroxylation is 2. The van der Waals surface area contributed by atoms with E-state index in [1.807, 2.05) is 12.1 Å². The number of nitrogens with one attached hydrogen (secondary N) is 1. The van der Waals surface area contributed by atoms with E-state index < -0.39 is 10.0 Å². The molecule has 1 aromatic heterocycles. The molecule has 3 aromatic rings. The van der Waals surface area contributed by atoms with Gasteiger partial charge in [0.1, 0.15) is 22.1 Å². The number of benzene rings is 2. The molecule has 0 atom stereocenters. The van der Waals surface area contributed by atoms with Gasteiger partial charge in [-0.1, -0.05) is 28.9 Å². The van der Waals surface area contributed by atoms with Gasteiger partial charge in [-0.05, 0) is 63.1 Å². The van der Waals surface area contributed by atoms with Gasteiger partial charge in [0.25, 0.3) is 0 Å². The molecule has 0 aliphatic carbocycles. The number of ether oxygens (including phenoxy) is 1. The Morgan fingerprint density at radius 1 is 1.12 bits per heavy atom. The van der Waals surface area contributed by atoms with Crippen LogP contribution in [0.3, 0.4) is 0 Å². The van der Waals surface area contributed by atoms with Gasteiger partial charge in [0, 0.05) is 24.7 Å². The number of sulfonamides is 1. The van der Waals surface area contributed by atoms with Crippen LogP contribution in [0.2, 0.25) is 5.02 Å². The number of hydrogen-bond acceptors (Lipinski definition) is 6. The lowest BCUT2D eigenvalue weighted by Crippen LogP contribution is -2.41. The Hall–Kier alpha value is -2.88. The quantitative estimate of drug-likeness (QED) is 0.534. The van der Waals surface area contributed by atoms with Crippen LogP contribution in [-0.4, -0.2) is 36.9 Å². The monoisotopic (exact) mass is 489 g/mol. The second kappa shape index (κ2) is 9.54. The molecular weight excluding hydrogens is 466 g/mol. The van der Waals surface area contributed by atoms with Gasteiger partial charge in [-0.25, -0.2) is 8.42 Å². The third-order valence-electron chi connectivity index (χ3n) is 5.58. The molecule has 4 rings (SSSR count). The number of aromatic nitrogens is 1. The number of piperidine rings is 1. The number of para-hydroxylation sites is 1. The predicted octanol–water partition coefficient (Wildman–Crippen LogP) is 4.78. The van der Waals surface area contributed by atoms with Crippen molar-refractivity contribution in [2.24, 2.45) is 5.92 Å². The second-order valence-electron chi connectivity index (χ2n) is 7.88. The van der Waals surface area contributed by atoms with E-state index in [9.17, 15) is 13.2 Å². The molecule has 2 heterocycles. The highest BCUT2D eigenvalue weighted by Crippen LogP contribution is 2.30. The van der Waals surface area contributed by atoms with Gasteiger partial charge < -0.3 is 14.6 Å². The van der Waals surface area contributed by atoms with Gasteiger partial charge in [0.15, 0.2) is 5.76 Å². The van der Waals surface area contributed by atoms with E-state index in [4.69, 9.17) is 20.9 Å². The normalized spacial score (nSPS) is 15.4. The fraction of sp³-hybridized carbons (Fsp3) is 0.304. The van der Waals surface area contributed by atoms with E-state index >= 15 is 0 Å². The highest BCUT2D eigenvalue weighted by molar-refractivity contribution is 7.89. The molecular formula is C23H24ClN3O5S. The van der Waals surface area contributed by atoms with Crippen molar-refractivity contribution in [1.82, 2.24) is 9.46 Å². The van der Waals surface area contributed by atoms with Crippen LogP contribution in [0.15, 0.2) is 57.9 Å². The maximum Gasteiger partial charge on any atom is 0.248 e. The Bertz CT molecular complexity index is 1230. The summed E-state index contributed by atoms with van der Waals surface area (Å²) in [4.78, 5) is 12.8. The molecule has 0 unspecified atom stereocenters. The Morgan fingerprint density at radius 3 is 2.39 bits per heavy atom. The topological polar surface area (TPSA) is 102 Å². The molecule has 33 heavy (non-hydrogen) atoms. The van der Waals surface area contributed by atoms with Crippen molar-refractivity contribution in [3.63, 3.8) is 0 Å². The summed E-state index contributed by atoms with van der Waals surface area (Å²) in [6.45, 7) is 3.70. The Kier molecular flexibility index (Phi) is 6.73. The van der Waals surface area contributed by atoms with E-state index in [1.165, 1.54) is 4.31 Å². The summed E-state index contributed by atoms with van der Waals surface area (Å²) in [6, 6.07) is 14.2. The summed E-state index contributed by atoms with van der Waals surface area (Å²) in [5.74, 6) is 1.01. The van der Waals surface area contributed by atoms with Crippen LogP contribution >= 0.6 is 11.6 Å². The maximum atomic E-state index is 12.9. The highest BCUT2D eigenvalue weighted by atomic mass is 35.5. The van der Waals surface area contributed by atoms with E-state index in [0.29, 0.717) is 40.7 Å². The first-order valence-electron chi connectivity index (χ1n) is 10.5. The average molecular weight is 490 g/mol. The van der Waals surface area contributed by atoms with Gasteiger partial charge in [-0.2, -0.15) is 4.31 Å². The third-order valence-corrected chi connectivity index (χ3v) is 8.03. The molecule has 174 valence electrons. The van der Waals surface area contributed by atoms with Crippen LogP contribution in [0.5, 0.6) is 11.5 Å². The molecule has 10 heteroatoms. The minimum Gasteiger partial charge on any atom is -0.456 e. The Labute approximate surface area is 197 Å². The van der Waals surface area contributed by atoms with Gasteiger partial charge in [-0.15, -0.1) is 0 Å². The number of hydrogen-bond donors (Lipinski definition) is 1. The first kappa shape index (κ1) is 23.3. The molecule has 1 saturated heterocycles. The van der Waals surface area contributed by atoms with Crippen molar-refractivity contribution >= 4 is 33.2 Å². The number of nitrogens with zero attached hydrogens (tertiary/aromatic N) is 2. The van der Waals surface area contributed by atoms with Crippen molar-refractivity contribution in [1.29, 1.82) is 0 Å². The van der Waals surface area contributed by atoms with Gasteiger partial charge >= 0.3 is 0 Å². The van der Waals surface area contributed by atoms with E-state index in [0.717, 1.165) is 0 Å². The molecule has 1 aliphatic rings. The molecule has 0 radical (unpaired) electrons. The highest BCUT2D eigenvalue weighted by Gasteiger charge is 2.35. The molecule has 0 bridgehead atoms. The standard InChI is InChI=1S/C23H24ClN3O5S/c1-15-22(16(2)32-26-15)33(29,30)27-13-11-17(12-14-27)23(28)25-18-7-9-19(10-8-18)31-21-6-4-3-5-20(21)24/h3-10,17H,11-14H2,1-2H3,(H,25,28). The molecule has 0 saturated carbocycles. The Balaban J connectivity index is 1.33. The number of amides is 1. The van der Waals surface area contributed by atoms with Crippen LogP contribution in [0.25, 0.3) is 0 Å². The maximum absolute atomic E-state index is 12.9. The van der Waals surface area contributed by atoms with Crippen LogP contribution < -0.4 is 10.1 Å². The zero-order valence-corrected chi connectivity index (χ0v) is 19.8. The fourth-order valence-electron chi connectivity index (χ4n) is 3.84. The van der Waals surface area contributed by atoms with E-state index in [-0.39, 0.29) is 35.6 Å². The van der Waals surface area contributed by atoms with Gasteiger partial charge in [0.2, 0.25) is 15.9 Å². The summed E-state index contributed by atoms with van der Waals surface area (Å²) in [5, 5.41) is 7.15. The van der Waals surface area contributed by atoms with Crippen molar-refractivity contribution in [3.05, 3.63) is 65.0 Å². The van der Waals surface area contributed by atoms with Crippen molar-refractivity contribution in [2.45, 2.75) is 31.6 Å². The molecule has 0 spiro atoms. The summed E-state index contributed by atoms with van der Waals surface area (Å²) in [6.07, 6.45) is 0.865. The lowest BCUT2D eigenvalue weighted by atomic mass is 9.97. The van der Waals surface area contributed by atoms with Gasteiger partial charge in [-0.3, -0.25) is 4.79 Å². The Morgan fingerprint density at radius 2 is 1.79 bits per heavy atom. The SMILES string of the molecule is Cc1noc(C)c1S(=O)(=O)N1CCC(C(=O)Nc2ccc(Oc3ccccc3Cl)cc2)CC1. The van der Waals surface area contributed by atoms with Gasteiger partial charge in [0.05, 0.1) is 5.02 Å². The summed E-state index contributed by atoms with van der Waals surface area (Å²) >= 11 is 6.11. The first-order valence-corrected chi connectivity index (χ1v) is 12.3. The largest absolute Gasteiger partial charge is 0.456 e. The van der Waals surface area contributed by atoms with Crippen molar-refractivity contribution in [2.75, 3.05) is 18.4 Å². The summed E-state index contributed by atoms with van der Waals surface area (Å²) < 4.78 is 38.1. The van der Waals surface area contributed by atoms with Crippen LogP contribution in [0.1, 0.15) is 24.3 Å².